The van der Waals surface area contributed by atoms with Crippen LogP contribution >= 0.6 is 0 Å². The molecule has 0 saturated carbocycles. The topological polar surface area (TPSA) is 64.4 Å². The first-order chi connectivity index (χ1) is 11.2. The Morgan fingerprint density at radius 3 is 2.65 bits per heavy atom. The lowest BCUT2D eigenvalue weighted by Gasteiger charge is -2.03. The highest BCUT2D eigenvalue weighted by Gasteiger charge is 2.15. The van der Waals surface area contributed by atoms with Gasteiger partial charge in [0.2, 0.25) is 0 Å². The lowest BCUT2D eigenvalue weighted by atomic mass is 10.1. The number of rotatable bonds is 5. The highest BCUT2D eigenvalue weighted by molar-refractivity contribution is 5.92. The quantitative estimate of drug-likeness (QED) is 0.734. The standard InChI is InChI=1S/C17H13FN2O3/c18-14-9-5-4-8-13(14)16-10-15(19-23-16)17(21)20-22-11-12-6-2-1-3-7-12/h1-10H,11H2,(H,20,21). The number of hydrogen-bond acceptors (Lipinski definition) is 4. The zero-order valence-electron chi connectivity index (χ0n) is 12.0. The first-order valence-electron chi connectivity index (χ1n) is 6.92. The summed E-state index contributed by atoms with van der Waals surface area (Å²) in [5.74, 6) is -0.834. The second-order valence-corrected chi connectivity index (χ2v) is 4.76. The van der Waals surface area contributed by atoms with Crippen LogP contribution in [0.1, 0.15) is 16.1 Å². The van der Waals surface area contributed by atoms with Gasteiger partial charge >= 0.3 is 0 Å². The van der Waals surface area contributed by atoms with Gasteiger partial charge < -0.3 is 4.52 Å². The third-order valence-corrected chi connectivity index (χ3v) is 3.13. The van der Waals surface area contributed by atoms with Crippen LogP contribution in [0.2, 0.25) is 0 Å². The molecule has 23 heavy (non-hydrogen) atoms. The molecule has 3 aromatic rings. The maximum atomic E-state index is 13.7. The molecule has 6 heteroatoms. The molecule has 1 heterocycles. The Bertz CT molecular complexity index is 802. The van der Waals surface area contributed by atoms with Crippen molar-refractivity contribution in [2.75, 3.05) is 0 Å². The van der Waals surface area contributed by atoms with E-state index in [1.54, 1.807) is 18.2 Å². The van der Waals surface area contributed by atoms with Gasteiger partial charge in [-0.3, -0.25) is 9.63 Å². The number of nitrogens with zero attached hydrogens (tertiary/aromatic N) is 1. The second kappa shape index (κ2) is 6.85. The fourth-order valence-electron chi connectivity index (χ4n) is 1.98. The predicted molar refractivity (Wildman–Crippen MR) is 80.6 cm³/mol. The zero-order chi connectivity index (χ0) is 16.1. The molecule has 0 radical (unpaired) electrons. The molecule has 1 N–H and O–H groups in total. The summed E-state index contributed by atoms with van der Waals surface area (Å²) >= 11 is 0. The van der Waals surface area contributed by atoms with Gasteiger partial charge in [0.15, 0.2) is 11.5 Å². The van der Waals surface area contributed by atoms with Crippen molar-refractivity contribution < 1.29 is 18.5 Å². The Morgan fingerprint density at radius 1 is 1.13 bits per heavy atom. The van der Waals surface area contributed by atoms with Crippen molar-refractivity contribution in [3.8, 4) is 11.3 Å². The fraction of sp³-hybridized carbons (Fsp3) is 0.0588. The van der Waals surface area contributed by atoms with Crippen LogP contribution in [0.4, 0.5) is 4.39 Å². The summed E-state index contributed by atoms with van der Waals surface area (Å²) in [6.45, 7) is 0.227. The van der Waals surface area contributed by atoms with Crippen molar-refractivity contribution in [3.63, 3.8) is 0 Å². The van der Waals surface area contributed by atoms with E-state index in [0.29, 0.717) is 0 Å². The molecular weight excluding hydrogens is 299 g/mol. The van der Waals surface area contributed by atoms with Crippen molar-refractivity contribution in [1.29, 1.82) is 0 Å². The van der Waals surface area contributed by atoms with Crippen LogP contribution in [0, 0.1) is 5.82 Å². The Labute approximate surface area is 131 Å². The normalized spacial score (nSPS) is 10.5. The molecule has 3 rings (SSSR count). The van der Waals surface area contributed by atoms with Crippen LogP contribution < -0.4 is 5.48 Å². The fourth-order valence-corrected chi connectivity index (χ4v) is 1.98. The average Bonchev–Trinajstić information content (AvgIpc) is 3.06. The zero-order valence-corrected chi connectivity index (χ0v) is 12.0. The smallest absolute Gasteiger partial charge is 0.297 e. The van der Waals surface area contributed by atoms with E-state index in [4.69, 9.17) is 9.36 Å². The van der Waals surface area contributed by atoms with Crippen molar-refractivity contribution >= 4 is 5.91 Å². The van der Waals surface area contributed by atoms with Crippen LogP contribution in [0.25, 0.3) is 11.3 Å². The van der Waals surface area contributed by atoms with E-state index in [1.807, 2.05) is 30.3 Å². The van der Waals surface area contributed by atoms with Crippen molar-refractivity contribution in [2.24, 2.45) is 0 Å². The molecule has 2 aromatic carbocycles. The lowest BCUT2D eigenvalue weighted by Crippen LogP contribution is -2.23. The van der Waals surface area contributed by atoms with Gasteiger partial charge in [-0.05, 0) is 17.7 Å². The van der Waals surface area contributed by atoms with E-state index in [-0.39, 0.29) is 23.6 Å². The number of carbonyl (C=O) groups excluding carboxylic acids is 1. The third-order valence-electron chi connectivity index (χ3n) is 3.13. The maximum absolute atomic E-state index is 13.7. The third kappa shape index (κ3) is 3.61. The van der Waals surface area contributed by atoms with Gasteiger partial charge in [-0.25, -0.2) is 9.87 Å². The number of hydroxylamine groups is 1. The van der Waals surface area contributed by atoms with Gasteiger partial charge in [0.05, 0.1) is 12.2 Å². The molecule has 116 valence electrons. The highest BCUT2D eigenvalue weighted by Crippen LogP contribution is 2.23. The van der Waals surface area contributed by atoms with Gasteiger partial charge in [0.1, 0.15) is 5.82 Å². The van der Waals surface area contributed by atoms with Crippen LogP contribution in [-0.4, -0.2) is 11.1 Å². The molecule has 0 fully saturated rings. The molecule has 5 nitrogen and oxygen atoms in total. The number of halogens is 1. The van der Waals surface area contributed by atoms with E-state index in [0.717, 1.165) is 5.56 Å². The molecule has 0 spiro atoms. The molecule has 1 aromatic heterocycles. The van der Waals surface area contributed by atoms with Gasteiger partial charge in [0.25, 0.3) is 5.91 Å². The minimum atomic E-state index is -0.563. The molecule has 0 aliphatic rings. The molecular formula is C17H13FN2O3. The number of benzene rings is 2. The highest BCUT2D eigenvalue weighted by atomic mass is 19.1. The first kappa shape index (κ1) is 14.9. The Kier molecular flexibility index (Phi) is 4.44. The van der Waals surface area contributed by atoms with E-state index in [2.05, 4.69) is 10.6 Å². The van der Waals surface area contributed by atoms with Crippen LogP contribution in [0.5, 0.6) is 0 Å². The molecule has 0 atom stereocenters. The maximum Gasteiger partial charge on any atom is 0.297 e. The van der Waals surface area contributed by atoms with Crippen LogP contribution in [0.3, 0.4) is 0 Å². The van der Waals surface area contributed by atoms with Crippen molar-refractivity contribution in [1.82, 2.24) is 10.6 Å². The van der Waals surface area contributed by atoms with E-state index in [1.165, 1.54) is 12.1 Å². The number of hydrogen-bond donors (Lipinski definition) is 1. The Hall–Kier alpha value is -2.99. The predicted octanol–water partition coefficient (Wildman–Crippen LogP) is 3.34. The summed E-state index contributed by atoms with van der Waals surface area (Å²) in [6.07, 6.45) is 0. The molecule has 0 bridgehead atoms. The van der Waals surface area contributed by atoms with Gasteiger partial charge in [-0.1, -0.05) is 47.6 Å². The number of carbonyl (C=O) groups is 1. The largest absolute Gasteiger partial charge is 0.355 e. The van der Waals surface area contributed by atoms with Gasteiger partial charge in [-0.15, -0.1) is 0 Å². The number of aromatic nitrogens is 1. The summed E-state index contributed by atoms with van der Waals surface area (Å²) in [6, 6.07) is 16.8. The van der Waals surface area contributed by atoms with Crippen LogP contribution in [-0.2, 0) is 11.4 Å². The van der Waals surface area contributed by atoms with Gasteiger partial charge in [0, 0.05) is 6.07 Å². The minimum absolute atomic E-state index is 0.0105. The summed E-state index contributed by atoms with van der Waals surface area (Å²) in [5, 5.41) is 3.63. The molecule has 0 saturated heterocycles. The summed E-state index contributed by atoms with van der Waals surface area (Å²) in [7, 11) is 0. The van der Waals surface area contributed by atoms with E-state index < -0.39 is 11.7 Å². The van der Waals surface area contributed by atoms with Crippen molar-refractivity contribution in [2.45, 2.75) is 6.61 Å². The van der Waals surface area contributed by atoms with Crippen molar-refractivity contribution in [3.05, 3.63) is 77.7 Å². The second-order valence-electron chi connectivity index (χ2n) is 4.76. The minimum Gasteiger partial charge on any atom is -0.355 e. The Balaban J connectivity index is 1.62. The Morgan fingerprint density at radius 2 is 1.87 bits per heavy atom. The molecule has 0 unspecified atom stereocenters. The van der Waals surface area contributed by atoms with Gasteiger partial charge in [-0.2, -0.15) is 0 Å². The van der Waals surface area contributed by atoms with E-state index in [9.17, 15) is 9.18 Å². The first-order valence-corrected chi connectivity index (χ1v) is 6.92. The monoisotopic (exact) mass is 312 g/mol. The SMILES string of the molecule is O=C(NOCc1ccccc1)c1cc(-c2ccccc2F)on1. The molecule has 1 amide bonds. The van der Waals surface area contributed by atoms with E-state index >= 15 is 0 Å². The summed E-state index contributed by atoms with van der Waals surface area (Å²) in [5.41, 5.74) is 3.44. The lowest BCUT2D eigenvalue weighted by molar-refractivity contribution is 0.0226. The summed E-state index contributed by atoms with van der Waals surface area (Å²) < 4.78 is 18.7. The van der Waals surface area contributed by atoms with Crippen LogP contribution in [0.15, 0.2) is 65.2 Å². The number of amides is 1. The molecule has 0 aliphatic carbocycles. The average molecular weight is 312 g/mol. The summed E-state index contributed by atoms with van der Waals surface area (Å²) in [4.78, 5) is 17.0. The molecule has 0 aliphatic heterocycles. The number of nitrogens with one attached hydrogen (secondary N) is 1.